The normalized spacial score (nSPS) is 18.7. The third kappa shape index (κ3) is 3.24. The smallest absolute Gasteiger partial charge is 0.414 e. The maximum Gasteiger partial charge on any atom is 0.414 e. The van der Waals surface area contributed by atoms with E-state index < -0.39 is 6.09 Å². The van der Waals surface area contributed by atoms with E-state index in [-0.39, 0.29) is 12.0 Å². The minimum atomic E-state index is -0.435. The van der Waals surface area contributed by atoms with E-state index in [0.717, 1.165) is 16.9 Å². The molecule has 1 atom stereocenters. The van der Waals surface area contributed by atoms with Crippen LogP contribution in [0.5, 0.6) is 0 Å². The van der Waals surface area contributed by atoms with E-state index in [1.165, 1.54) is 14.2 Å². The van der Waals surface area contributed by atoms with Crippen LogP contribution in [0.4, 0.5) is 15.3 Å². The predicted molar refractivity (Wildman–Crippen MR) is 95.8 cm³/mol. The van der Waals surface area contributed by atoms with Crippen molar-refractivity contribution in [2.75, 3.05) is 39.3 Å². The Labute approximate surface area is 152 Å². The average Bonchev–Trinajstić information content (AvgIpc) is 3.05. The highest BCUT2D eigenvalue weighted by Gasteiger charge is 2.35. The molecule has 1 unspecified atom stereocenters. The fourth-order valence-electron chi connectivity index (χ4n) is 3.40. The first-order valence-electron chi connectivity index (χ1n) is 8.32. The molecule has 2 aliphatic heterocycles. The van der Waals surface area contributed by atoms with Crippen molar-refractivity contribution >= 4 is 17.9 Å². The van der Waals surface area contributed by atoms with Gasteiger partial charge < -0.3 is 14.2 Å². The highest BCUT2D eigenvalue weighted by molar-refractivity contribution is 5.90. The second-order valence-electron chi connectivity index (χ2n) is 6.09. The van der Waals surface area contributed by atoms with Crippen LogP contribution in [0.2, 0.25) is 0 Å². The first-order valence-corrected chi connectivity index (χ1v) is 8.32. The van der Waals surface area contributed by atoms with E-state index in [0.29, 0.717) is 25.3 Å². The molecule has 1 aromatic carbocycles. The summed E-state index contributed by atoms with van der Waals surface area (Å²) in [6.45, 7) is 0.823. The monoisotopic (exact) mass is 358 g/mol. The van der Waals surface area contributed by atoms with Crippen LogP contribution in [-0.4, -0.2) is 51.5 Å². The lowest BCUT2D eigenvalue weighted by Gasteiger charge is -2.29. The van der Waals surface area contributed by atoms with Gasteiger partial charge in [0.25, 0.3) is 0 Å². The summed E-state index contributed by atoms with van der Waals surface area (Å²) < 4.78 is 15.1. The number of fused-ring (bicyclic) bond motifs is 1. The Hall–Kier alpha value is -2.96. The molecule has 0 radical (unpaired) electrons. The van der Waals surface area contributed by atoms with Gasteiger partial charge in [-0.1, -0.05) is 18.2 Å². The van der Waals surface area contributed by atoms with Gasteiger partial charge in [0.2, 0.25) is 0 Å². The number of carbonyl (C=O) groups is 2. The van der Waals surface area contributed by atoms with Gasteiger partial charge >= 0.3 is 12.2 Å². The molecule has 2 heterocycles. The SMILES string of the molecule is COC(=O)N1CC(OC)=CC=C1CC1CN(C(=O)OC)c2ccccc21. The molecule has 2 amide bonds. The topological polar surface area (TPSA) is 68.3 Å². The first-order chi connectivity index (χ1) is 12.6. The Morgan fingerprint density at radius 1 is 1.04 bits per heavy atom. The third-order valence-corrected chi connectivity index (χ3v) is 4.70. The first kappa shape index (κ1) is 17.8. The number of para-hydroxylation sites is 1. The van der Waals surface area contributed by atoms with Crippen molar-refractivity contribution in [1.82, 2.24) is 4.90 Å². The van der Waals surface area contributed by atoms with Crippen molar-refractivity contribution < 1.29 is 23.8 Å². The van der Waals surface area contributed by atoms with Crippen LogP contribution in [0.1, 0.15) is 17.9 Å². The molecule has 0 saturated heterocycles. The summed E-state index contributed by atoms with van der Waals surface area (Å²) in [6, 6.07) is 7.75. The van der Waals surface area contributed by atoms with Crippen LogP contribution in [-0.2, 0) is 14.2 Å². The molecule has 0 spiro atoms. The standard InChI is InChI=1S/C19H22N2O5/c1-24-15-9-8-14(20(12-15)18(22)25-2)10-13-11-21(19(23)26-3)17-7-5-4-6-16(13)17/h4-9,13H,10-12H2,1-3H3. The van der Waals surface area contributed by atoms with Gasteiger partial charge in [-0.3, -0.25) is 9.80 Å². The largest absolute Gasteiger partial charge is 0.499 e. The summed E-state index contributed by atoms with van der Waals surface area (Å²) in [5, 5.41) is 0. The molecule has 0 saturated carbocycles. The van der Waals surface area contributed by atoms with Gasteiger partial charge in [0.1, 0.15) is 5.76 Å². The van der Waals surface area contributed by atoms with Crippen LogP contribution in [0.3, 0.4) is 0 Å². The van der Waals surface area contributed by atoms with Crippen molar-refractivity contribution in [2.45, 2.75) is 12.3 Å². The molecule has 2 aliphatic rings. The van der Waals surface area contributed by atoms with Crippen molar-refractivity contribution in [3.8, 4) is 0 Å². The van der Waals surface area contributed by atoms with Gasteiger partial charge in [-0.15, -0.1) is 0 Å². The molecule has 0 bridgehead atoms. The number of ether oxygens (including phenoxy) is 3. The highest BCUT2D eigenvalue weighted by atomic mass is 16.5. The highest BCUT2D eigenvalue weighted by Crippen LogP contribution is 2.40. The number of benzene rings is 1. The second kappa shape index (κ2) is 7.51. The summed E-state index contributed by atoms with van der Waals surface area (Å²) >= 11 is 0. The molecule has 0 aliphatic carbocycles. The molecular weight excluding hydrogens is 336 g/mol. The minimum Gasteiger partial charge on any atom is -0.499 e. The molecule has 0 fully saturated rings. The van der Waals surface area contributed by atoms with E-state index in [4.69, 9.17) is 14.2 Å². The lowest BCUT2D eigenvalue weighted by atomic mass is 9.95. The molecule has 7 heteroatoms. The summed E-state index contributed by atoms with van der Waals surface area (Å²) in [4.78, 5) is 27.5. The second-order valence-corrected chi connectivity index (χ2v) is 6.09. The lowest BCUT2D eigenvalue weighted by molar-refractivity contribution is 0.128. The fraction of sp³-hybridized carbons (Fsp3) is 0.368. The molecule has 3 rings (SSSR count). The minimum absolute atomic E-state index is 0.0567. The Balaban J connectivity index is 1.88. The van der Waals surface area contributed by atoms with Crippen LogP contribution in [0, 0.1) is 0 Å². The van der Waals surface area contributed by atoms with Gasteiger partial charge in [0.15, 0.2) is 0 Å². The van der Waals surface area contributed by atoms with Crippen molar-refractivity contribution in [3.05, 3.63) is 53.4 Å². The summed E-state index contributed by atoms with van der Waals surface area (Å²) in [6.07, 6.45) is 3.49. The van der Waals surface area contributed by atoms with E-state index >= 15 is 0 Å². The summed E-state index contributed by atoms with van der Waals surface area (Å²) in [5.74, 6) is 0.739. The number of anilines is 1. The number of hydrogen-bond donors (Lipinski definition) is 0. The molecule has 1 aromatic rings. The maximum atomic E-state index is 12.2. The van der Waals surface area contributed by atoms with Gasteiger partial charge in [-0.05, 0) is 30.2 Å². The zero-order valence-corrected chi connectivity index (χ0v) is 15.1. The Morgan fingerprint density at radius 3 is 2.42 bits per heavy atom. The summed E-state index contributed by atoms with van der Waals surface area (Å²) in [7, 11) is 4.30. The molecule has 0 N–H and O–H groups in total. The zero-order chi connectivity index (χ0) is 18.7. The van der Waals surface area contributed by atoms with E-state index in [1.54, 1.807) is 16.9 Å². The number of nitrogens with zero attached hydrogens (tertiary/aromatic N) is 2. The van der Waals surface area contributed by atoms with E-state index in [1.807, 2.05) is 36.4 Å². The van der Waals surface area contributed by atoms with Crippen LogP contribution >= 0.6 is 0 Å². The zero-order valence-electron chi connectivity index (χ0n) is 15.1. The quantitative estimate of drug-likeness (QED) is 0.830. The van der Waals surface area contributed by atoms with Gasteiger partial charge in [0.05, 0.1) is 33.6 Å². The van der Waals surface area contributed by atoms with E-state index in [2.05, 4.69) is 0 Å². The van der Waals surface area contributed by atoms with Crippen molar-refractivity contribution in [1.29, 1.82) is 0 Å². The van der Waals surface area contributed by atoms with Crippen molar-refractivity contribution in [2.24, 2.45) is 0 Å². The third-order valence-electron chi connectivity index (χ3n) is 4.70. The van der Waals surface area contributed by atoms with Gasteiger partial charge in [-0.25, -0.2) is 9.59 Å². The van der Waals surface area contributed by atoms with Crippen molar-refractivity contribution in [3.63, 3.8) is 0 Å². The Bertz CT molecular complexity index is 771. The molecular formula is C19H22N2O5. The number of rotatable bonds is 3. The predicted octanol–water partition coefficient (Wildman–Crippen LogP) is 3.24. The fourth-order valence-corrected chi connectivity index (χ4v) is 3.40. The van der Waals surface area contributed by atoms with E-state index in [9.17, 15) is 9.59 Å². The van der Waals surface area contributed by atoms with Gasteiger partial charge in [-0.2, -0.15) is 0 Å². The number of allylic oxidation sites excluding steroid dienone is 3. The molecule has 7 nitrogen and oxygen atoms in total. The number of methoxy groups -OCH3 is 3. The molecule has 138 valence electrons. The summed E-state index contributed by atoms with van der Waals surface area (Å²) in [5.41, 5.74) is 2.73. The maximum absolute atomic E-state index is 12.2. The average molecular weight is 358 g/mol. The van der Waals surface area contributed by atoms with Crippen LogP contribution < -0.4 is 4.90 Å². The van der Waals surface area contributed by atoms with Crippen LogP contribution in [0.25, 0.3) is 0 Å². The van der Waals surface area contributed by atoms with Gasteiger partial charge in [0, 0.05) is 18.2 Å². The lowest BCUT2D eigenvalue weighted by Crippen LogP contribution is -2.35. The molecule has 0 aromatic heterocycles. The number of amides is 2. The number of carbonyl (C=O) groups excluding carboxylic acids is 2. The van der Waals surface area contributed by atoms with Crippen LogP contribution in [0.15, 0.2) is 47.9 Å². The Morgan fingerprint density at radius 2 is 1.73 bits per heavy atom. The Kier molecular flexibility index (Phi) is 5.16. The molecule has 26 heavy (non-hydrogen) atoms. The number of hydrogen-bond acceptors (Lipinski definition) is 5.